The summed E-state index contributed by atoms with van der Waals surface area (Å²) < 4.78 is 5.03. The molecule has 0 bridgehead atoms. The van der Waals surface area contributed by atoms with Crippen LogP contribution in [0.2, 0.25) is 0 Å². The van der Waals surface area contributed by atoms with Crippen LogP contribution in [0.5, 0.6) is 0 Å². The van der Waals surface area contributed by atoms with Crippen LogP contribution in [0.1, 0.15) is 48.3 Å². The number of ether oxygens (including phenoxy) is 1. The number of thioether (sulfide) groups is 1. The van der Waals surface area contributed by atoms with Gasteiger partial charge in [-0.25, -0.2) is 9.78 Å². The highest BCUT2D eigenvalue weighted by Gasteiger charge is 2.20. The van der Waals surface area contributed by atoms with Crippen molar-refractivity contribution in [1.29, 1.82) is 0 Å². The molecule has 9 heteroatoms. The number of esters is 1. The van der Waals surface area contributed by atoms with Gasteiger partial charge >= 0.3 is 5.97 Å². The van der Waals surface area contributed by atoms with Crippen molar-refractivity contribution in [2.75, 3.05) is 6.61 Å². The number of aliphatic imine (C=N–C) groups is 1. The largest absolute Gasteiger partial charge is 0.462 e. The number of amidine groups is 1. The number of aromatic amines is 1. The van der Waals surface area contributed by atoms with E-state index in [1.54, 1.807) is 13.8 Å². The Bertz CT molecular complexity index is 857. The van der Waals surface area contributed by atoms with Gasteiger partial charge in [0.15, 0.2) is 5.17 Å². The molecule has 3 N–H and O–H groups in total. The number of nitrogens with one attached hydrogen (secondary N) is 1. The Morgan fingerprint density at radius 2 is 2.20 bits per heavy atom. The normalized spacial score (nSPS) is 13.2. The summed E-state index contributed by atoms with van der Waals surface area (Å²) in [5.41, 5.74) is 6.22. The van der Waals surface area contributed by atoms with Crippen molar-refractivity contribution in [3.8, 4) is 0 Å². The second kappa shape index (κ2) is 8.48. The summed E-state index contributed by atoms with van der Waals surface area (Å²) in [6.45, 7) is 7.79. The maximum atomic E-state index is 12.4. The van der Waals surface area contributed by atoms with Gasteiger partial charge < -0.3 is 15.5 Å². The average molecular weight is 383 g/mol. The molecule has 2 heterocycles. The monoisotopic (exact) mass is 382 g/mol. The van der Waals surface area contributed by atoms with Crippen LogP contribution in [0, 0.1) is 6.92 Å². The summed E-state index contributed by atoms with van der Waals surface area (Å²) in [7, 11) is 0. The Morgan fingerprint density at radius 3 is 2.84 bits per heavy atom. The molecule has 0 spiro atoms. The van der Waals surface area contributed by atoms with Crippen LogP contribution in [-0.2, 0) is 10.5 Å². The molecular weight excluding hydrogens is 360 g/mol. The fourth-order valence-corrected chi connectivity index (χ4v) is 3.91. The molecule has 2 aromatic rings. The van der Waals surface area contributed by atoms with Crippen LogP contribution < -0.4 is 11.3 Å². The maximum Gasteiger partial charge on any atom is 0.348 e. The van der Waals surface area contributed by atoms with Gasteiger partial charge in [0.05, 0.1) is 17.7 Å². The molecule has 25 heavy (non-hydrogen) atoms. The zero-order chi connectivity index (χ0) is 18.6. The highest BCUT2D eigenvalue weighted by Crippen LogP contribution is 2.28. The first-order valence-electron chi connectivity index (χ1n) is 8.02. The van der Waals surface area contributed by atoms with Crippen LogP contribution in [0.15, 0.2) is 9.79 Å². The SMILES string of the molecule is CCOC(=O)c1sc2nc(CSC(N)=N[C@@H](C)CC)[nH]c(=O)c2c1C. The van der Waals surface area contributed by atoms with Crippen molar-refractivity contribution in [3.63, 3.8) is 0 Å². The van der Waals surface area contributed by atoms with E-state index in [0.717, 1.165) is 6.42 Å². The van der Waals surface area contributed by atoms with Crippen molar-refractivity contribution in [2.45, 2.75) is 45.9 Å². The molecule has 2 aromatic heterocycles. The molecule has 0 unspecified atom stereocenters. The standard InChI is InChI=1S/C16H22N4O3S2/c1-5-8(3)18-16(17)24-7-10-19-13(21)11-9(4)12(15(22)23-6-2)25-14(11)20-10/h8H,5-7H2,1-4H3,(H2,17,18)(H,19,20,21)/t8-/m0/s1. The number of nitrogens with zero attached hydrogens (tertiary/aromatic N) is 2. The molecule has 0 saturated heterocycles. The lowest BCUT2D eigenvalue weighted by molar-refractivity contribution is 0.0531. The molecule has 0 amide bonds. The third-order valence-electron chi connectivity index (χ3n) is 3.61. The van der Waals surface area contributed by atoms with E-state index in [4.69, 9.17) is 10.5 Å². The molecule has 0 aromatic carbocycles. The lowest BCUT2D eigenvalue weighted by Crippen LogP contribution is -2.14. The minimum Gasteiger partial charge on any atom is -0.462 e. The van der Waals surface area contributed by atoms with Gasteiger partial charge in [0.2, 0.25) is 0 Å². The van der Waals surface area contributed by atoms with Crippen LogP contribution in [0.3, 0.4) is 0 Å². The number of aromatic nitrogens is 2. The van der Waals surface area contributed by atoms with Crippen molar-refractivity contribution in [3.05, 3.63) is 26.6 Å². The first-order chi connectivity index (χ1) is 11.9. The van der Waals surface area contributed by atoms with E-state index in [9.17, 15) is 9.59 Å². The second-order valence-corrected chi connectivity index (χ2v) is 7.48. The number of H-pyrrole nitrogens is 1. The van der Waals surface area contributed by atoms with Crippen LogP contribution in [-0.4, -0.2) is 33.8 Å². The molecule has 0 fully saturated rings. The number of carbonyl (C=O) groups is 1. The molecular formula is C16H22N4O3S2. The zero-order valence-corrected chi connectivity index (χ0v) is 16.3. The van der Waals surface area contributed by atoms with Gasteiger partial charge in [-0.2, -0.15) is 0 Å². The van der Waals surface area contributed by atoms with Crippen molar-refractivity contribution in [2.24, 2.45) is 10.7 Å². The number of hydrogen-bond acceptors (Lipinski definition) is 7. The molecule has 0 aliphatic heterocycles. The van der Waals surface area contributed by atoms with Gasteiger partial charge in [0.1, 0.15) is 15.5 Å². The van der Waals surface area contributed by atoms with Crippen molar-refractivity contribution < 1.29 is 9.53 Å². The van der Waals surface area contributed by atoms with Gasteiger partial charge in [-0.1, -0.05) is 18.7 Å². The van der Waals surface area contributed by atoms with Gasteiger partial charge in [-0.05, 0) is 32.8 Å². The summed E-state index contributed by atoms with van der Waals surface area (Å²) in [6.07, 6.45) is 0.910. The number of rotatable bonds is 6. The van der Waals surface area contributed by atoms with E-state index >= 15 is 0 Å². The van der Waals surface area contributed by atoms with E-state index in [2.05, 4.69) is 15.0 Å². The third kappa shape index (κ3) is 4.60. The van der Waals surface area contributed by atoms with Gasteiger partial charge in [-0.15, -0.1) is 11.3 Å². The van der Waals surface area contributed by atoms with E-state index in [0.29, 0.717) is 37.4 Å². The van der Waals surface area contributed by atoms with Crippen molar-refractivity contribution in [1.82, 2.24) is 9.97 Å². The topological polar surface area (TPSA) is 110 Å². The number of hydrogen-bond donors (Lipinski definition) is 2. The highest BCUT2D eigenvalue weighted by atomic mass is 32.2. The summed E-state index contributed by atoms with van der Waals surface area (Å²) in [5, 5.41) is 0.898. The van der Waals surface area contributed by atoms with E-state index in [1.807, 2.05) is 13.8 Å². The third-order valence-corrected chi connectivity index (χ3v) is 5.59. The minimum atomic E-state index is -0.428. The number of thiophene rings is 1. The Balaban J connectivity index is 2.28. The number of aryl methyl sites for hydroxylation is 1. The number of fused-ring (bicyclic) bond motifs is 1. The Morgan fingerprint density at radius 1 is 1.48 bits per heavy atom. The van der Waals surface area contributed by atoms with Crippen molar-refractivity contribution >= 4 is 44.5 Å². The Labute approximate surface area is 154 Å². The van der Waals surface area contributed by atoms with Gasteiger partial charge in [0.25, 0.3) is 5.56 Å². The van der Waals surface area contributed by atoms with E-state index < -0.39 is 5.97 Å². The zero-order valence-electron chi connectivity index (χ0n) is 14.7. The molecule has 0 saturated carbocycles. The van der Waals surface area contributed by atoms with Crippen LogP contribution in [0.4, 0.5) is 0 Å². The minimum absolute atomic E-state index is 0.161. The fourth-order valence-electron chi connectivity index (χ4n) is 2.14. The summed E-state index contributed by atoms with van der Waals surface area (Å²) >= 11 is 2.50. The van der Waals surface area contributed by atoms with Crippen LogP contribution >= 0.6 is 23.1 Å². The lowest BCUT2D eigenvalue weighted by Gasteiger charge is -2.05. The second-order valence-electron chi connectivity index (χ2n) is 5.48. The molecule has 7 nitrogen and oxygen atoms in total. The number of carbonyl (C=O) groups excluding carboxylic acids is 1. The van der Waals surface area contributed by atoms with E-state index in [1.165, 1.54) is 23.1 Å². The van der Waals surface area contributed by atoms with Gasteiger partial charge in [0, 0.05) is 6.04 Å². The molecule has 136 valence electrons. The highest BCUT2D eigenvalue weighted by molar-refractivity contribution is 8.13. The quantitative estimate of drug-likeness (QED) is 0.451. The van der Waals surface area contributed by atoms with Gasteiger partial charge in [-0.3, -0.25) is 9.79 Å². The predicted molar refractivity (Wildman–Crippen MR) is 104 cm³/mol. The Kier molecular flexibility index (Phi) is 6.60. The maximum absolute atomic E-state index is 12.4. The lowest BCUT2D eigenvalue weighted by atomic mass is 10.2. The summed E-state index contributed by atoms with van der Waals surface area (Å²) in [4.78, 5) is 36.8. The first kappa shape index (κ1) is 19.5. The molecule has 0 aliphatic rings. The first-order valence-corrected chi connectivity index (χ1v) is 9.83. The fraction of sp³-hybridized carbons (Fsp3) is 0.500. The molecule has 2 rings (SSSR count). The van der Waals surface area contributed by atoms with E-state index in [-0.39, 0.29) is 18.2 Å². The predicted octanol–water partition coefficient (Wildman–Crippen LogP) is 2.82. The van der Waals surface area contributed by atoms with Crippen LogP contribution in [0.25, 0.3) is 10.2 Å². The number of nitrogens with two attached hydrogens (primary N) is 1. The molecule has 0 aliphatic carbocycles. The summed E-state index contributed by atoms with van der Waals surface area (Å²) in [6, 6.07) is 0.161. The smallest absolute Gasteiger partial charge is 0.348 e. The summed E-state index contributed by atoms with van der Waals surface area (Å²) in [5.74, 6) is 0.479. The Hall–Kier alpha value is -1.87. The molecule has 0 radical (unpaired) electrons. The molecule has 1 atom stereocenters. The average Bonchev–Trinajstić information content (AvgIpc) is 2.90.